The van der Waals surface area contributed by atoms with Crippen LogP contribution in [0.25, 0.3) is 0 Å². The average Bonchev–Trinajstić information content (AvgIpc) is 2.79. The van der Waals surface area contributed by atoms with E-state index in [0.717, 1.165) is 5.56 Å². The van der Waals surface area contributed by atoms with Gasteiger partial charge in [0.1, 0.15) is 0 Å². The average molecular weight is 459 g/mol. The highest BCUT2D eigenvalue weighted by molar-refractivity contribution is 7.89. The van der Waals surface area contributed by atoms with Crippen LogP contribution in [0.5, 0.6) is 0 Å². The second-order valence-corrected chi connectivity index (χ2v) is 9.34. The molecule has 32 heavy (non-hydrogen) atoms. The largest absolute Gasteiger partial charge is 0.465 e. The Balaban J connectivity index is 1.45. The van der Waals surface area contributed by atoms with Crippen LogP contribution in [-0.4, -0.2) is 75.5 Å². The molecule has 0 aromatic heterocycles. The molecule has 1 heterocycles. The zero-order valence-electron chi connectivity index (χ0n) is 18.0. The zero-order valence-corrected chi connectivity index (χ0v) is 18.8. The number of esters is 1. The number of carbonyl (C=O) groups is 2. The number of benzene rings is 2. The molecule has 1 amide bonds. The number of nitrogens with one attached hydrogen (secondary N) is 1. The van der Waals surface area contributed by atoms with Gasteiger partial charge in [-0.2, -0.15) is 9.41 Å². The second-order valence-electron chi connectivity index (χ2n) is 7.40. The van der Waals surface area contributed by atoms with Gasteiger partial charge in [0.05, 0.1) is 30.3 Å². The minimum atomic E-state index is -3.53. The predicted molar refractivity (Wildman–Crippen MR) is 120 cm³/mol. The molecule has 1 aliphatic rings. The summed E-state index contributed by atoms with van der Waals surface area (Å²) in [5, 5.41) is 3.93. The Bertz CT molecular complexity index is 1070. The van der Waals surface area contributed by atoms with Crippen molar-refractivity contribution in [1.82, 2.24) is 14.6 Å². The molecule has 170 valence electrons. The standard InChI is InChI=1S/C22H26N4O5S/c1-17-3-9-20(10-4-17)32(29,30)26-13-11-25(12-14-26)16-21(27)24-23-15-18-5-7-19(8-6-18)22(28)31-2/h3-10,15H,11-14,16H2,1-2H3,(H,24,27)/b23-15+. The highest BCUT2D eigenvalue weighted by Crippen LogP contribution is 2.18. The van der Waals surface area contributed by atoms with Crippen molar-refractivity contribution in [1.29, 1.82) is 0 Å². The summed E-state index contributed by atoms with van der Waals surface area (Å²) in [7, 11) is -2.22. The van der Waals surface area contributed by atoms with Gasteiger partial charge < -0.3 is 4.74 Å². The third-order valence-corrected chi connectivity index (χ3v) is 7.00. The maximum absolute atomic E-state index is 12.8. The van der Waals surface area contributed by atoms with Crippen molar-refractivity contribution in [2.75, 3.05) is 39.8 Å². The van der Waals surface area contributed by atoms with Crippen molar-refractivity contribution < 1.29 is 22.7 Å². The van der Waals surface area contributed by atoms with Gasteiger partial charge in [-0.1, -0.05) is 29.8 Å². The molecule has 1 aliphatic heterocycles. The summed E-state index contributed by atoms with van der Waals surface area (Å²) in [6.07, 6.45) is 1.48. The van der Waals surface area contributed by atoms with Gasteiger partial charge in [0.15, 0.2) is 0 Å². The Morgan fingerprint density at radius 3 is 2.25 bits per heavy atom. The summed E-state index contributed by atoms with van der Waals surface area (Å²) >= 11 is 0. The van der Waals surface area contributed by atoms with E-state index >= 15 is 0 Å². The van der Waals surface area contributed by atoms with Crippen LogP contribution in [0, 0.1) is 6.92 Å². The van der Waals surface area contributed by atoms with Crippen molar-refractivity contribution in [2.24, 2.45) is 5.10 Å². The fourth-order valence-electron chi connectivity index (χ4n) is 3.23. The highest BCUT2D eigenvalue weighted by Gasteiger charge is 2.28. The number of ether oxygens (including phenoxy) is 1. The smallest absolute Gasteiger partial charge is 0.337 e. The van der Waals surface area contributed by atoms with E-state index in [4.69, 9.17) is 0 Å². The fourth-order valence-corrected chi connectivity index (χ4v) is 4.65. The number of carbonyl (C=O) groups excluding carboxylic acids is 2. The van der Waals surface area contributed by atoms with E-state index in [1.807, 2.05) is 11.8 Å². The molecule has 0 bridgehead atoms. The predicted octanol–water partition coefficient (Wildman–Crippen LogP) is 1.24. The van der Waals surface area contributed by atoms with E-state index in [9.17, 15) is 18.0 Å². The van der Waals surface area contributed by atoms with Gasteiger partial charge in [0, 0.05) is 26.2 Å². The lowest BCUT2D eigenvalue weighted by atomic mass is 10.1. The van der Waals surface area contributed by atoms with Gasteiger partial charge in [-0.25, -0.2) is 18.6 Å². The molecule has 0 spiro atoms. The van der Waals surface area contributed by atoms with Crippen LogP contribution in [0.4, 0.5) is 0 Å². The van der Waals surface area contributed by atoms with E-state index < -0.39 is 16.0 Å². The van der Waals surface area contributed by atoms with Gasteiger partial charge >= 0.3 is 5.97 Å². The quantitative estimate of drug-likeness (QED) is 0.380. The molecule has 0 saturated carbocycles. The third-order valence-electron chi connectivity index (χ3n) is 5.09. The maximum atomic E-state index is 12.8. The second kappa shape index (κ2) is 10.5. The molecule has 3 rings (SSSR count). The first-order valence-corrected chi connectivity index (χ1v) is 11.5. The molecule has 9 nitrogen and oxygen atoms in total. The number of amides is 1. The van der Waals surface area contributed by atoms with E-state index in [2.05, 4.69) is 15.3 Å². The molecule has 0 aliphatic carbocycles. The SMILES string of the molecule is COC(=O)c1ccc(/C=N/NC(=O)CN2CCN(S(=O)(=O)c3ccc(C)cc3)CC2)cc1. The Labute approximate surface area is 187 Å². The lowest BCUT2D eigenvalue weighted by Gasteiger charge is -2.33. The normalized spacial score (nSPS) is 15.6. The number of hydrogen-bond acceptors (Lipinski definition) is 7. The van der Waals surface area contributed by atoms with Crippen LogP contribution in [0.1, 0.15) is 21.5 Å². The molecule has 10 heteroatoms. The highest BCUT2D eigenvalue weighted by atomic mass is 32.2. The maximum Gasteiger partial charge on any atom is 0.337 e. The number of piperazine rings is 1. The topological polar surface area (TPSA) is 108 Å². The van der Waals surface area contributed by atoms with E-state index in [-0.39, 0.29) is 17.3 Å². The number of sulfonamides is 1. The van der Waals surface area contributed by atoms with Gasteiger partial charge in [0.25, 0.3) is 5.91 Å². The third kappa shape index (κ3) is 6.00. The van der Waals surface area contributed by atoms with Gasteiger partial charge in [-0.15, -0.1) is 0 Å². The van der Waals surface area contributed by atoms with Crippen molar-refractivity contribution in [3.8, 4) is 0 Å². The van der Waals surface area contributed by atoms with Crippen LogP contribution < -0.4 is 5.43 Å². The number of nitrogens with zero attached hydrogens (tertiary/aromatic N) is 3. The first-order chi connectivity index (χ1) is 15.3. The first kappa shape index (κ1) is 23.6. The summed E-state index contributed by atoms with van der Waals surface area (Å²) in [5.74, 6) is -0.712. The number of hydrazone groups is 1. The van der Waals surface area contributed by atoms with Crippen LogP contribution in [0.15, 0.2) is 58.5 Å². The molecule has 0 unspecified atom stereocenters. The zero-order chi connectivity index (χ0) is 23.1. The Kier molecular flexibility index (Phi) is 7.73. The Hall–Kier alpha value is -3.08. The number of rotatable bonds is 7. The lowest BCUT2D eigenvalue weighted by Crippen LogP contribution is -2.50. The Morgan fingerprint density at radius 1 is 1.03 bits per heavy atom. The lowest BCUT2D eigenvalue weighted by molar-refractivity contribution is -0.122. The summed E-state index contributed by atoms with van der Waals surface area (Å²) in [6.45, 7) is 3.58. The van der Waals surface area contributed by atoms with Crippen molar-refractivity contribution in [2.45, 2.75) is 11.8 Å². The summed E-state index contributed by atoms with van der Waals surface area (Å²) < 4.78 is 31.6. The van der Waals surface area contributed by atoms with Gasteiger partial charge in [-0.3, -0.25) is 9.69 Å². The molecule has 1 N–H and O–H groups in total. The van der Waals surface area contributed by atoms with Crippen LogP contribution in [-0.2, 0) is 19.6 Å². The van der Waals surface area contributed by atoms with E-state index in [0.29, 0.717) is 37.3 Å². The molecule has 1 fully saturated rings. The van der Waals surface area contributed by atoms with Gasteiger partial charge in [-0.05, 0) is 36.8 Å². The summed E-state index contributed by atoms with van der Waals surface area (Å²) in [4.78, 5) is 25.7. The fraction of sp³-hybridized carbons (Fsp3) is 0.318. The van der Waals surface area contributed by atoms with Crippen LogP contribution in [0.3, 0.4) is 0 Å². The minimum absolute atomic E-state index is 0.122. The van der Waals surface area contributed by atoms with Crippen molar-refractivity contribution in [3.05, 3.63) is 65.2 Å². The molecule has 2 aromatic carbocycles. The molecule has 0 radical (unpaired) electrons. The molecule has 2 aromatic rings. The number of hydrogen-bond donors (Lipinski definition) is 1. The molecular formula is C22H26N4O5S. The Morgan fingerprint density at radius 2 is 1.66 bits per heavy atom. The summed E-state index contributed by atoms with van der Waals surface area (Å²) in [6, 6.07) is 13.4. The molecule has 0 atom stereocenters. The number of aryl methyl sites for hydroxylation is 1. The van der Waals surface area contributed by atoms with Crippen molar-refractivity contribution >= 4 is 28.1 Å². The van der Waals surface area contributed by atoms with Crippen molar-refractivity contribution in [3.63, 3.8) is 0 Å². The first-order valence-electron chi connectivity index (χ1n) is 10.1. The number of methoxy groups -OCH3 is 1. The van der Waals surface area contributed by atoms with E-state index in [1.165, 1.54) is 17.6 Å². The molecular weight excluding hydrogens is 432 g/mol. The summed E-state index contributed by atoms with van der Waals surface area (Å²) in [5.41, 5.74) is 4.61. The van der Waals surface area contributed by atoms with Crippen LogP contribution in [0.2, 0.25) is 0 Å². The van der Waals surface area contributed by atoms with E-state index in [1.54, 1.807) is 48.5 Å². The van der Waals surface area contributed by atoms with Crippen LogP contribution >= 0.6 is 0 Å². The minimum Gasteiger partial charge on any atom is -0.465 e. The van der Waals surface area contributed by atoms with Gasteiger partial charge in [0.2, 0.25) is 10.0 Å². The molecule has 1 saturated heterocycles. The monoisotopic (exact) mass is 458 g/mol.